The second-order valence-electron chi connectivity index (χ2n) is 21.5. The number of unbranched alkanes of at least 4 members (excludes halogenated alkanes) is 37. The molecule has 1 N–H and O–H groups in total. The Labute approximate surface area is 460 Å². The molecule has 5 heteroatoms. The van der Waals surface area contributed by atoms with E-state index in [2.05, 4.69) is 98.9 Å². The van der Waals surface area contributed by atoms with Crippen LogP contribution in [-0.4, -0.2) is 36.4 Å². The van der Waals surface area contributed by atoms with Crippen molar-refractivity contribution in [3.63, 3.8) is 0 Å². The fourth-order valence-electron chi connectivity index (χ4n) is 9.38. The molecule has 0 rings (SSSR count). The van der Waals surface area contributed by atoms with Crippen LogP contribution in [0.1, 0.15) is 322 Å². The van der Waals surface area contributed by atoms with Gasteiger partial charge in [0.15, 0.2) is 6.10 Å². The highest BCUT2D eigenvalue weighted by Gasteiger charge is 2.16. The molecule has 0 saturated carbocycles. The normalized spacial score (nSPS) is 12.7. The summed E-state index contributed by atoms with van der Waals surface area (Å²) in [5, 5.41) is 9.68. The molecule has 428 valence electrons. The number of hydrogen-bond acceptors (Lipinski definition) is 5. The minimum absolute atomic E-state index is 0.0649. The number of ether oxygens (including phenoxy) is 2. The molecule has 0 aliphatic rings. The zero-order valence-corrected chi connectivity index (χ0v) is 49.1. The predicted molar refractivity (Wildman–Crippen MR) is 325 cm³/mol. The van der Waals surface area contributed by atoms with Crippen LogP contribution < -0.4 is 0 Å². The summed E-state index contributed by atoms with van der Waals surface area (Å²) in [7, 11) is 0. The maximum atomic E-state index is 12.3. The molecule has 0 spiro atoms. The Hall–Kier alpha value is -2.92. The molecule has 0 bridgehead atoms. The van der Waals surface area contributed by atoms with E-state index < -0.39 is 6.10 Å². The number of aliphatic hydroxyl groups is 1. The van der Waals surface area contributed by atoms with Crippen molar-refractivity contribution in [1.29, 1.82) is 0 Å². The topological polar surface area (TPSA) is 72.8 Å². The van der Waals surface area contributed by atoms with E-state index in [9.17, 15) is 14.7 Å². The van der Waals surface area contributed by atoms with Crippen LogP contribution in [0.4, 0.5) is 0 Å². The number of allylic oxidation sites excluding steroid dienone is 14. The third-order valence-electron chi connectivity index (χ3n) is 14.2. The van der Waals surface area contributed by atoms with E-state index in [-0.39, 0.29) is 25.2 Å². The van der Waals surface area contributed by atoms with Crippen molar-refractivity contribution >= 4 is 11.9 Å². The Morgan fingerprint density at radius 3 is 0.878 bits per heavy atom. The number of carbonyl (C=O) groups is 2. The molecule has 1 atom stereocenters. The van der Waals surface area contributed by atoms with Gasteiger partial charge < -0.3 is 14.6 Å². The molecule has 0 aromatic heterocycles. The molecule has 0 saturated heterocycles. The van der Waals surface area contributed by atoms with Crippen molar-refractivity contribution in [1.82, 2.24) is 0 Å². The van der Waals surface area contributed by atoms with Crippen LogP contribution in [0.15, 0.2) is 85.1 Å². The Morgan fingerprint density at radius 1 is 0.324 bits per heavy atom. The van der Waals surface area contributed by atoms with Crippen LogP contribution >= 0.6 is 0 Å². The second-order valence-corrected chi connectivity index (χ2v) is 21.5. The number of rotatable bonds is 59. The first-order valence-corrected chi connectivity index (χ1v) is 32.1. The van der Waals surface area contributed by atoms with Gasteiger partial charge in [0.1, 0.15) is 6.61 Å². The summed E-state index contributed by atoms with van der Waals surface area (Å²) in [6.45, 7) is 4.05. The minimum atomic E-state index is -0.775. The monoisotopic (exact) mass is 1030 g/mol. The lowest BCUT2D eigenvalue weighted by atomic mass is 10.0. The van der Waals surface area contributed by atoms with Crippen molar-refractivity contribution in [2.75, 3.05) is 13.2 Å². The fraction of sp³-hybridized carbons (Fsp3) is 0.768. The molecule has 74 heavy (non-hydrogen) atoms. The van der Waals surface area contributed by atoms with Crippen molar-refractivity contribution in [2.24, 2.45) is 0 Å². The largest absolute Gasteiger partial charge is 0.462 e. The molecule has 1 unspecified atom stereocenters. The van der Waals surface area contributed by atoms with Gasteiger partial charge in [0, 0.05) is 12.8 Å². The van der Waals surface area contributed by atoms with Gasteiger partial charge in [-0.2, -0.15) is 0 Å². The van der Waals surface area contributed by atoms with Gasteiger partial charge in [0.25, 0.3) is 0 Å². The lowest BCUT2D eigenvalue weighted by Crippen LogP contribution is -2.28. The lowest BCUT2D eigenvalue weighted by molar-refractivity contribution is -0.161. The van der Waals surface area contributed by atoms with Gasteiger partial charge in [-0.15, -0.1) is 0 Å². The van der Waals surface area contributed by atoms with Crippen LogP contribution in [0.25, 0.3) is 0 Å². The maximum Gasteiger partial charge on any atom is 0.306 e. The highest BCUT2D eigenvalue weighted by Crippen LogP contribution is 2.17. The van der Waals surface area contributed by atoms with E-state index in [1.165, 1.54) is 218 Å². The van der Waals surface area contributed by atoms with Crippen LogP contribution in [0, 0.1) is 0 Å². The molecule has 0 radical (unpaired) electrons. The van der Waals surface area contributed by atoms with Crippen LogP contribution in [0.2, 0.25) is 0 Å². The van der Waals surface area contributed by atoms with Gasteiger partial charge in [-0.25, -0.2) is 0 Å². The number of aliphatic hydroxyl groups excluding tert-OH is 1. The van der Waals surface area contributed by atoms with Crippen LogP contribution in [-0.2, 0) is 19.1 Å². The van der Waals surface area contributed by atoms with E-state index in [1.807, 2.05) is 0 Å². The van der Waals surface area contributed by atoms with Gasteiger partial charge in [-0.05, 0) is 89.9 Å². The highest BCUT2D eigenvalue weighted by atomic mass is 16.6. The zero-order chi connectivity index (χ0) is 53.4. The van der Waals surface area contributed by atoms with Gasteiger partial charge in [-0.3, -0.25) is 9.59 Å². The summed E-state index contributed by atoms with van der Waals surface area (Å²) in [6, 6.07) is 0. The summed E-state index contributed by atoms with van der Waals surface area (Å²) in [6.07, 6.45) is 90.2. The Bertz CT molecular complexity index is 1350. The van der Waals surface area contributed by atoms with E-state index in [1.54, 1.807) is 0 Å². The summed E-state index contributed by atoms with van der Waals surface area (Å²) < 4.78 is 10.7. The minimum Gasteiger partial charge on any atom is -0.462 e. The summed E-state index contributed by atoms with van der Waals surface area (Å²) in [5.74, 6) is -0.578. The first kappa shape index (κ1) is 71.1. The summed E-state index contributed by atoms with van der Waals surface area (Å²) in [5.41, 5.74) is 0. The average Bonchev–Trinajstić information content (AvgIpc) is 3.40. The molecule has 0 aliphatic carbocycles. The quantitative estimate of drug-likeness (QED) is 0.0373. The molecule has 0 aromatic rings. The van der Waals surface area contributed by atoms with Crippen molar-refractivity contribution < 1.29 is 24.2 Å². The van der Waals surface area contributed by atoms with Gasteiger partial charge in [0.2, 0.25) is 0 Å². The molecular weight excluding hydrogens is 909 g/mol. The smallest absolute Gasteiger partial charge is 0.306 e. The van der Waals surface area contributed by atoms with Crippen LogP contribution in [0.5, 0.6) is 0 Å². The third kappa shape index (κ3) is 61.6. The molecular formula is C69H122O5. The van der Waals surface area contributed by atoms with Crippen LogP contribution in [0.3, 0.4) is 0 Å². The predicted octanol–water partition coefficient (Wildman–Crippen LogP) is 22.1. The second kappa shape index (κ2) is 64.4. The molecule has 0 aromatic carbocycles. The van der Waals surface area contributed by atoms with Gasteiger partial charge >= 0.3 is 11.9 Å². The Kier molecular flexibility index (Phi) is 61.8. The Morgan fingerprint density at radius 2 is 0.581 bits per heavy atom. The van der Waals surface area contributed by atoms with Crippen molar-refractivity contribution in [3.05, 3.63) is 85.1 Å². The summed E-state index contributed by atoms with van der Waals surface area (Å²) in [4.78, 5) is 24.6. The van der Waals surface area contributed by atoms with E-state index in [0.29, 0.717) is 12.8 Å². The maximum absolute atomic E-state index is 12.3. The zero-order valence-electron chi connectivity index (χ0n) is 49.1. The van der Waals surface area contributed by atoms with E-state index >= 15 is 0 Å². The number of hydrogen-bond donors (Lipinski definition) is 1. The lowest BCUT2D eigenvalue weighted by Gasteiger charge is -2.15. The SMILES string of the molecule is CC/C=C\C/C=C\C/C=C\C/C=C\C/C=C\CCCCCCCCCCCCCCCCCCCCCC(=O)OC(CO)COC(=O)CCCCCCCCCCCCCCC/C=C\C/C=C\CCCCCCC. The van der Waals surface area contributed by atoms with E-state index in [4.69, 9.17) is 9.47 Å². The summed E-state index contributed by atoms with van der Waals surface area (Å²) >= 11 is 0. The van der Waals surface area contributed by atoms with Gasteiger partial charge in [-0.1, -0.05) is 304 Å². The van der Waals surface area contributed by atoms with Gasteiger partial charge in [0.05, 0.1) is 6.61 Å². The third-order valence-corrected chi connectivity index (χ3v) is 14.2. The van der Waals surface area contributed by atoms with E-state index in [0.717, 1.165) is 77.0 Å². The first-order valence-electron chi connectivity index (χ1n) is 32.1. The number of esters is 2. The highest BCUT2D eigenvalue weighted by molar-refractivity contribution is 5.70. The van der Waals surface area contributed by atoms with Crippen molar-refractivity contribution in [2.45, 2.75) is 328 Å². The fourth-order valence-corrected chi connectivity index (χ4v) is 9.38. The molecule has 0 amide bonds. The molecule has 0 aliphatic heterocycles. The molecule has 0 heterocycles. The average molecular weight is 1030 g/mol. The molecule has 0 fully saturated rings. The van der Waals surface area contributed by atoms with Crippen molar-refractivity contribution in [3.8, 4) is 0 Å². The molecule has 5 nitrogen and oxygen atoms in total. The standard InChI is InChI=1S/C69H122O5/c1-3-5-7-9-11-13-15-17-19-21-23-25-27-29-30-31-32-33-34-35-36-37-38-40-42-44-46-48-50-52-54-56-58-60-62-64-69(72)74-67(65-70)66-73-68(71)63-61-59-57-55-53-51-49-47-45-43-41-39-28-26-24-22-20-18-16-14-12-10-8-6-4-2/h5,7,11,13,16-19,22-25,29-30,67,70H,3-4,6,8-10,12,14-15,20-21,26-28,31-66H2,1-2H3/b7-5-,13-11-,18-16-,19-17-,24-22-,25-23-,30-29-. The Balaban J connectivity index is 3.44. The first-order chi connectivity index (χ1) is 36.6. The number of carbonyl (C=O) groups excluding carboxylic acids is 2.